The predicted octanol–water partition coefficient (Wildman–Crippen LogP) is -2.53. The van der Waals surface area contributed by atoms with Gasteiger partial charge >= 0.3 is 29.6 Å². The van der Waals surface area contributed by atoms with Crippen LogP contribution in [0.3, 0.4) is 0 Å². The summed E-state index contributed by atoms with van der Waals surface area (Å²) < 4.78 is -0.735. The number of hydrogen-bond donors (Lipinski definition) is 2. The van der Waals surface area contributed by atoms with E-state index in [0.717, 1.165) is 38.5 Å². The van der Waals surface area contributed by atoms with Crippen LogP contribution in [0.5, 0.6) is 0 Å². The molecule has 1 aromatic heterocycles. The Morgan fingerprint density at radius 1 is 1.30 bits per heavy atom. The number of carboxylic acid groups (broad SMARTS) is 1. The van der Waals surface area contributed by atoms with Crippen molar-refractivity contribution in [2.75, 3.05) is 5.73 Å². The largest absolute Gasteiger partial charge is 1.00 e. The van der Waals surface area contributed by atoms with E-state index in [4.69, 9.17) is 10.6 Å². The summed E-state index contributed by atoms with van der Waals surface area (Å²) in [6, 6.07) is -1.92. The molecule has 3 heterocycles. The average molecular weight is 504 g/mol. The Labute approximate surface area is 222 Å². The second-order valence-corrected chi connectivity index (χ2v) is 11.4. The normalized spacial score (nSPS) is 27.1. The summed E-state index contributed by atoms with van der Waals surface area (Å²) >= 11 is 2.49. The van der Waals surface area contributed by atoms with Crippen LogP contribution in [0, 0.1) is 0 Å². The van der Waals surface area contributed by atoms with Crippen molar-refractivity contribution in [3.05, 3.63) is 11.1 Å². The molecule has 1 saturated carbocycles. The first-order valence-electron chi connectivity index (χ1n) is 10.7. The maximum absolute atomic E-state index is 13.1. The van der Waals surface area contributed by atoms with Gasteiger partial charge in [0.1, 0.15) is 23.2 Å². The molecule has 3 atom stereocenters. The molecular formula is C20H26N5NaO5S2. The summed E-state index contributed by atoms with van der Waals surface area (Å²) in [7, 11) is 0. The van der Waals surface area contributed by atoms with Gasteiger partial charge in [-0.05, 0) is 39.5 Å². The molecule has 0 aromatic carbocycles. The zero-order valence-corrected chi connectivity index (χ0v) is 22.5. The molecule has 174 valence electrons. The Hall–Kier alpha value is -1.34. The molecule has 1 aliphatic carbocycles. The van der Waals surface area contributed by atoms with E-state index in [1.807, 2.05) is 0 Å². The van der Waals surface area contributed by atoms with Gasteiger partial charge in [-0.3, -0.25) is 9.59 Å². The van der Waals surface area contributed by atoms with E-state index < -0.39 is 40.0 Å². The number of β-lactam (4-membered cyclic amide) rings is 1. The number of oxime groups is 1. The quantitative estimate of drug-likeness (QED) is 0.142. The molecule has 13 heteroatoms. The molecule has 1 aromatic rings. The number of carbonyl (C=O) groups is 3. The smallest absolute Gasteiger partial charge is 0.548 e. The molecule has 3 N–H and O–H groups in total. The Bertz CT molecular complexity index is 947. The summed E-state index contributed by atoms with van der Waals surface area (Å²) in [6.45, 7) is 3.49. The van der Waals surface area contributed by atoms with Crippen LogP contribution in [-0.2, 0) is 19.2 Å². The van der Waals surface area contributed by atoms with E-state index in [1.165, 1.54) is 28.0 Å². The molecule has 0 unspecified atom stereocenters. The zero-order chi connectivity index (χ0) is 23.0. The molecule has 2 saturated heterocycles. The first-order valence-corrected chi connectivity index (χ1v) is 12.4. The molecule has 2 aliphatic heterocycles. The van der Waals surface area contributed by atoms with Crippen LogP contribution in [-0.4, -0.2) is 61.7 Å². The van der Waals surface area contributed by atoms with Crippen molar-refractivity contribution >= 4 is 51.7 Å². The summed E-state index contributed by atoms with van der Waals surface area (Å²) in [5.41, 5.74) is 5.96. The molecule has 33 heavy (non-hydrogen) atoms. The van der Waals surface area contributed by atoms with Crippen LogP contribution in [0.25, 0.3) is 0 Å². The fourth-order valence-corrected chi connectivity index (χ4v) is 6.58. The van der Waals surface area contributed by atoms with Crippen molar-refractivity contribution in [1.82, 2.24) is 15.2 Å². The topological polar surface area (TPSA) is 150 Å². The van der Waals surface area contributed by atoms with Crippen molar-refractivity contribution in [1.29, 1.82) is 0 Å². The van der Waals surface area contributed by atoms with Crippen molar-refractivity contribution in [2.45, 2.75) is 80.7 Å². The van der Waals surface area contributed by atoms with Gasteiger partial charge in [-0.2, -0.15) is 0 Å². The number of anilines is 1. The van der Waals surface area contributed by atoms with Crippen LogP contribution < -0.4 is 45.7 Å². The molecule has 0 bridgehead atoms. The third-order valence-corrected chi connectivity index (χ3v) is 8.27. The number of fused-ring (bicyclic) bond motifs is 1. The number of thiazole rings is 1. The Kier molecular flexibility index (Phi) is 8.37. The van der Waals surface area contributed by atoms with Crippen molar-refractivity contribution in [3.8, 4) is 0 Å². The zero-order valence-electron chi connectivity index (χ0n) is 18.9. The monoisotopic (exact) mass is 503 g/mol. The maximum atomic E-state index is 13.1. The maximum Gasteiger partial charge on any atom is 1.00 e. The Morgan fingerprint density at radius 2 is 1.97 bits per heavy atom. The number of nitrogens with two attached hydrogens (primary N) is 1. The number of nitrogens with one attached hydrogen (secondary N) is 1. The molecule has 4 rings (SSSR count). The number of aromatic nitrogens is 1. The van der Waals surface area contributed by atoms with Gasteiger partial charge in [0.2, 0.25) is 5.91 Å². The molecule has 0 spiro atoms. The van der Waals surface area contributed by atoms with E-state index in [1.54, 1.807) is 19.2 Å². The van der Waals surface area contributed by atoms with Crippen LogP contribution in [0.15, 0.2) is 10.5 Å². The van der Waals surface area contributed by atoms with Gasteiger partial charge in [-0.1, -0.05) is 18.0 Å². The Morgan fingerprint density at radius 3 is 2.55 bits per heavy atom. The number of nitrogen functional groups attached to an aromatic ring is 1. The fraction of sp³-hybridized carbons (Fsp3) is 0.650. The minimum absolute atomic E-state index is 0. The van der Waals surface area contributed by atoms with Gasteiger partial charge in [0.05, 0.1) is 12.0 Å². The molecule has 10 nitrogen and oxygen atoms in total. The van der Waals surface area contributed by atoms with Gasteiger partial charge in [-0.15, -0.1) is 23.1 Å². The van der Waals surface area contributed by atoms with E-state index in [0.29, 0.717) is 0 Å². The van der Waals surface area contributed by atoms with Gasteiger partial charge in [-0.25, -0.2) is 4.98 Å². The van der Waals surface area contributed by atoms with E-state index >= 15 is 0 Å². The van der Waals surface area contributed by atoms with Crippen molar-refractivity contribution < 1.29 is 53.9 Å². The first kappa shape index (κ1) is 26.3. The predicted molar refractivity (Wildman–Crippen MR) is 119 cm³/mol. The second kappa shape index (κ2) is 10.5. The van der Waals surface area contributed by atoms with Gasteiger partial charge < -0.3 is 30.7 Å². The molecule has 0 radical (unpaired) electrons. The van der Waals surface area contributed by atoms with Gasteiger partial charge in [0.15, 0.2) is 10.8 Å². The number of thioether (sulfide) groups is 1. The molecule has 3 aliphatic rings. The van der Waals surface area contributed by atoms with Gasteiger partial charge in [0, 0.05) is 10.1 Å². The number of nitrogens with zero attached hydrogens (tertiary/aromatic N) is 3. The van der Waals surface area contributed by atoms with Crippen LogP contribution in [0.1, 0.15) is 58.1 Å². The second-order valence-electron chi connectivity index (χ2n) is 8.76. The number of hydrogen-bond acceptors (Lipinski definition) is 10. The molecule has 2 amide bonds. The summed E-state index contributed by atoms with van der Waals surface area (Å²) in [5, 5.41) is 19.8. The minimum Gasteiger partial charge on any atom is -0.548 e. The summed E-state index contributed by atoms with van der Waals surface area (Å²) in [5.74, 6) is -2.38. The fourth-order valence-electron chi connectivity index (χ4n) is 4.41. The minimum atomic E-state index is -1.31. The number of amides is 2. The standard InChI is InChI=1S/C20H27N5O5S2.Na/c1-20(2)14(18(28)29)25-16(27)13(17(25)32-20)23-15(26)12(11-9-31-19(21)22-11)24-30-10-7-5-3-4-6-8-10;/h9-10,13-14,17H,3-8H2,1-2H3,(H2,21,22)(H,23,26)(H,28,29);/q;+1/p-1/b24-12-;/t13-,14-,17+;/m0./s1. The van der Waals surface area contributed by atoms with Crippen LogP contribution in [0.2, 0.25) is 0 Å². The first-order chi connectivity index (χ1) is 15.2. The van der Waals surface area contributed by atoms with Crippen molar-refractivity contribution in [3.63, 3.8) is 0 Å². The number of carbonyl (C=O) groups excluding carboxylic acids is 3. The Balaban J connectivity index is 0.00000306. The number of aliphatic carboxylic acids is 1. The van der Waals surface area contributed by atoms with E-state index in [2.05, 4.69) is 15.5 Å². The summed E-state index contributed by atoms with van der Waals surface area (Å²) in [4.78, 5) is 48.5. The van der Waals surface area contributed by atoms with E-state index in [9.17, 15) is 19.5 Å². The van der Waals surface area contributed by atoms with Crippen LogP contribution >= 0.6 is 23.1 Å². The van der Waals surface area contributed by atoms with E-state index in [-0.39, 0.29) is 52.2 Å². The number of carboxylic acids is 1. The summed E-state index contributed by atoms with van der Waals surface area (Å²) in [6.07, 6.45) is 6.06. The third-order valence-electron chi connectivity index (χ3n) is 6.03. The van der Waals surface area contributed by atoms with Crippen LogP contribution in [0.4, 0.5) is 5.13 Å². The van der Waals surface area contributed by atoms with Gasteiger partial charge in [0.25, 0.3) is 5.91 Å². The molecular weight excluding hydrogens is 477 g/mol. The third kappa shape index (κ3) is 5.34. The average Bonchev–Trinajstić information content (AvgIpc) is 3.13. The SMILES string of the molecule is CC1(C)S[C@@H]2[C@@H](NC(=O)/C(=N\OC3CCCCCC3)c3csc(N)n3)C(=O)N2[C@H]1C(=O)[O-].[Na+]. The molecule has 3 fully saturated rings. The van der Waals surface area contributed by atoms with Crippen molar-refractivity contribution in [2.24, 2.45) is 5.16 Å². The number of rotatable bonds is 6.